The van der Waals surface area contributed by atoms with Crippen molar-refractivity contribution >= 4 is 34.0 Å². The Morgan fingerprint density at radius 3 is 2.38 bits per heavy atom. The lowest BCUT2D eigenvalue weighted by molar-refractivity contribution is 1.22. The maximum atomic E-state index is 6.01. The van der Waals surface area contributed by atoms with Gasteiger partial charge in [-0.15, -0.1) is 0 Å². The molecule has 0 aliphatic heterocycles. The molecule has 3 aromatic carbocycles. The minimum Gasteiger partial charge on any atom is -0.339 e. The van der Waals surface area contributed by atoms with Crippen molar-refractivity contribution in [1.82, 2.24) is 9.97 Å². The molecule has 3 nitrogen and oxygen atoms in total. The van der Waals surface area contributed by atoms with Gasteiger partial charge in [0.15, 0.2) is 5.82 Å². The number of nitrogens with zero attached hydrogens (tertiary/aromatic N) is 2. The van der Waals surface area contributed by atoms with Gasteiger partial charge in [0, 0.05) is 21.7 Å². The zero-order valence-corrected chi connectivity index (χ0v) is 15.4. The van der Waals surface area contributed by atoms with Crippen molar-refractivity contribution < 1.29 is 0 Å². The minimum atomic E-state index is 0.674. The van der Waals surface area contributed by atoms with Gasteiger partial charge in [0.05, 0.1) is 5.52 Å². The fourth-order valence-electron chi connectivity index (χ4n) is 2.91. The fraction of sp³-hybridized carbons (Fsp3) is 0.0909. The van der Waals surface area contributed by atoms with Crippen LogP contribution in [0.1, 0.15) is 11.1 Å². The number of halogens is 1. The van der Waals surface area contributed by atoms with Crippen LogP contribution in [0.25, 0.3) is 22.3 Å². The molecule has 26 heavy (non-hydrogen) atoms. The lowest BCUT2D eigenvalue weighted by atomic mass is 10.1. The van der Waals surface area contributed by atoms with Crippen molar-refractivity contribution in [2.24, 2.45) is 0 Å². The van der Waals surface area contributed by atoms with Crippen LogP contribution in [0.5, 0.6) is 0 Å². The van der Waals surface area contributed by atoms with Gasteiger partial charge in [-0.2, -0.15) is 0 Å². The number of nitrogens with one attached hydrogen (secondary N) is 1. The number of fused-ring (bicyclic) bond motifs is 1. The highest BCUT2D eigenvalue weighted by atomic mass is 35.5. The third-order valence-electron chi connectivity index (χ3n) is 4.56. The Morgan fingerprint density at radius 1 is 0.808 bits per heavy atom. The van der Waals surface area contributed by atoms with E-state index in [1.165, 1.54) is 11.1 Å². The van der Waals surface area contributed by atoms with E-state index in [1.807, 2.05) is 54.6 Å². The molecule has 1 heterocycles. The first-order chi connectivity index (χ1) is 12.6. The number of aryl methyl sites for hydroxylation is 1. The van der Waals surface area contributed by atoms with Gasteiger partial charge in [-0.1, -0.05) is 35.9 Å². The summed E-state index contributed by atoms with van der Waals surface area (Å²) in [6.07, 6.45) is 0. The van der Waals surface area contributed by atoms with E-state index in [-0.39, 0.29) is 0 Å². The average Bonchev–Trinajstić information content (AvgIpc) is 2.66. The molecule has 0 saturated carbocycles. The number of hydrogen-bond acceptors (Lipinski definition) is 3. The topological polar surface area (TPSA) is 37.8 Å². The zero-order chi connectivity index (χ0) is 18.1. The van der Waals surface area contributed by atoms with Gasteiger partial charge in [0.2, 0.25) is 0 Å². The summed E-state index contributed by atoms with van der Waals surface area (Å²) in [6, 6.07) is 21.8. The molecule has 0 bridgehead atoms. The normalized spacial score (nSPS) is 10.9. The zero-order valence-electron chi connectivity index (χ0n) is 14.6. The minimum absolute atomic E-state index is 0.674. The molecule has 4 heteroatoms. The van der Waals surface area contributed by atoms with Gasteiger partial charge in [-0.05, 0) is 67.4 Å². The number of hydrogen-bond donors (Lipinski definition) is 1. The summed E-state index contributed by atoms with van der Waals surface area (Å²) in [5.74, 6) is 1.47. The summed E-state index contributed by atoms with van der Waals surface area (Å²) in [5.41, 5.74) is 5.34. The molecule has 0 aliphatic rings. The lowest BCUT2D eigenvalue weighted by Crippen LogP contribution is -2.01. The Bertz CT molecular complexity index is 1090. The largest absolute Gasteiger partial charge is 0.339 e. The summed E-state index contributed by atoms with van der Waals surface area (Å²) in [5, 5.41) is 5.19. The van der Waals surface area contributed by atoms with Crippen molar-refractivity contribution in [2.45, 2.75) is 13.8 Å². The van der Waals surface area contributed by atoms with Crippen LogP contribution < -0.4 is 5.32 Å². The Morgan fingerprint density at radius 2 is 1.58 bits per heavy atom. The van der Waals surface area contributed by atoms with Crippen molar-refractivity contribution in [2.75, 3.05) is 5.32 Å². The number of benzene rings is 3. The molecular weight excluding hydrogens is 342 g/mol. The van der Waals surface area contributed by atoms with Crippen LogP contribution in [0.3, 0.4) is 0 Å². The first-order valence-electron chi connectivity index (χ1n) is 8.48. The Hall–Kier alpha value is -2.91. The van der Waals surface area contributed by atoms with Crippen molar-refractivity contribution in [3.8, 4) is 11.4 Å². The fourth-order valence-corrected chi connectivity index (χ4v) is 3.04. The van der Waals surface area contributed by atoms with Crippen LogP contribution in [-0.4, -0.2) is 9.97 Å². The molecule has 0 saturated heterocycles. The first-order valence-corrected chi connectivity index (χ1v) is 8.85. The average molecular weight is 360 g/mol. The standard InChI is InChI=1S/C22H18ClN3/c1-14-6-5-9-19(15(14)2)24-22-18-7-3-4-8-20(18)25-21(26-22)16-10-12-17(23)13-11-16/h3-13H,1-2H3,(H,24,25,26). The predicted molar refractivity (Wildman–Crippen MR) is 109 cm³/mol. The molecule has 4 rings (SSSR count). The molecule has 128 valence electrons. The molecule has 4 aromatic rings. The van der Waals surface area contributed by atoms with Crippen LogP contribution >= 0.6 is 11.6 Å². The predicted octanol–water partition coefficient (Wildman–Crippen LogP) is 6.31. The van der Waals surface area contributed by atoms with Crippen LogP contribution in [0.2, 0.25) is 5.02 Å². The molecule has 0 radical (unpaired) electrons. The molecule has 0 atom stereocenters. The van der Waals surface area contributed by atoms with Crippen molar-refractivity contribution in [1.29, 1.82) is 0 Å². The van der Waals surface area contributed by atoms with E-state index in [1.54, 1.807) is 0 Å². The maximum Gasteiger partial charge on any atom is 0.162 e. The third kappa shape index (κ3) is 3.14. The quantitative estimate of drug-likeness (QED) is 0.465. The van der Waals surface area contributed by atoms with Gasteiger partial charge >= 0.3 is 0 Å². The van der Waals surface area contributed by atoms with Crippen LogP contribution in [0.15, 0.2) is 66.7 Å². The lowest BCUT2D eigenvalue weighted by Gasteiger charge is -2.14. The second-order valence-electron chi connectivity index (χ2n) is 6.29. The Balaban J connectivity index is 1.87. The van der Waals surface area contributed by atoms with Gasteiger partial charge in [-0.3, -0.25) is 0 Å². The molecular formula is C22H18ClN3. The van der Waals surface area contributed by atoms with Crippen molar-refractivity contribution in [3.05, 3.63) is 82.9 Å². The van der Waals surface area contributed by atoms with Gasteiger partial charge in [0.1, 0.15) is 5.82 Å². The summed E-state index contributed by atoms with van der Waals surface area (Å²) < 4.78 is 0. The number of rotatable bonds is 3. The molecule has 0 amide bonds. The highest BCUT2D eigenvalue weighted by molar-refractivity contribution is 6.30. The van der Waals surface area contributed by atoms with E-state index in [4.69, 9.17) is 21.6 Å². The van der Waals surface area contributed by atoms with Gasteiger partial charge < -0.3 is 5.32 Å². The number of para-hydroxylation sites is 1. The van der Waals surface area contributed by atoms with E-state index < -0.39 is 0 Å². The van der Waals surface area contributed by atoms with Crippen LogP contribution in [-0.2, 0) is 0 Å². The van der Waals surface area contributed by atoms with Gasteiger partial charge in [-0.25, -0.2) is 9.97 Å². The SMILES string of the molecule is Cc1cccc(Nc2nc(-c3ccc(Cl)cc3)nc3ccccc23)c1C. The summed E-state index contributed by atoms with van der Waals surface area (Å²) in [7, 11) is 0. The highest BCUT2D eigenvalue weighted by Gasteiger charge is 2.11. The first kappa shape index (κ1) is 16.6. The summed E-state index contributed by atoms with van der Waals surface area (Å²) in [6.45, 7) is 4.22. The van der Waals surface area contributed by atoms with E-state index >= 15 is 0 Å². The number of aromatic nitrogens is 2. The van der Waals surface area contributed by atoms with Crippen LogP contribution in [0, 0.1) is 13.8 Å². The summed E-state index contributed by atoms with van der Waals surface area (Å²) in [4.78, 5) is 9.52. The molecule has 1 N–H and O–H groups in total. The van der Waals surface area contributed by atoms with E-state index in [0.717, 1.165) is 28.0 Å². The highest BCUT2D eigenvalue weighted by Crippen LogP contribution is 2.29. The van der Waals surface area contributed by atoms with Crippen LogP contribution in [0.4, 0.5) is 11.5 Å². The Labute approximate surface area is 157 Å². The molecule has 0 fully saturated rings. The second kappa shape index (κ2) is 6.77. The number of anilines is 2. The van der Waals surface area contributed by atoms with E-state index in [2.05, 4.69) is 31.3 Å². The molecule has 0 spiro atoms. The molecule has 0 aliphatic carbocycles. The smallest absolute Gasteiger partial charge is 0.162 e. The summed E-state index contributed by atoms with van der Waals surface area (Å²) >= 11 is 6.01. The monoisotopic (exact) mass is 359 g/mol. The Kier molecular flexibility index (Phi) is 4.31. The van der Waals surface area contributed by atoms with E-state index in [9.17, 15) is 0 Å². The molecule has 0 unspecified atom stereocenters. The maximum absolute atomic E-state index is 6.01. The second-order valence-corrected chi connectivity index (χ2v) is 6.73. The van der Waals surface area contributed by atoms with E-state index in [0.29, 0.717) is 10.8 Å². The third-order valence-corrected chi connectivity index (χ3v) is 4.82. The van der Waals surface area contributed by atoms with Crippen molar-refractivity contribution in [3.63, 3.8) is 0 Å². The molecule has 1 aromatic heterocycles. The van der Waals surface area contributed by atoms with Gasteiger partial charge in [0.25, 0.3) is 0 Å².